The molecule has 19 heavy (non-hydrogen) atoms. The molecule has 2 rings (SSSR count). The van der Waals surface area contributed by atoms with Crippen LogP contribution in [0.4, 0.5) is 14.5 Å². The van der Waals surface area contributed by atoms with Crippen LogP contribution < -0.4 is 10.2 Å². The summed E-state index contributed by atoms with van der Waals surface area (Å²) in [6, 6.07) is 6.63. The van der Waals surface area contributed by atoms with Gasteiger partial charge in [-0.3, -0.25) is 0 Å². The molecule has 1 aromatic carbocycles. The molecule has 0 saturated carbocycles. The van der Waals surface area contributed by atoms with Crippen molar-refractivity contribution in [3.63, 3.8) is 0 Å². The number of benzene rings is 1. The topological polar surface area (TPSA) is 15.3 Å². The summed E-state index contributed by atoms with van der Waals surface area (Å²) in [7, 11) is 3.44. The first-order chi connectivity index (χ1) is 9.11. The summed E-state index contributed by atoms with van der Waals surface area (Å²) in [5.74, 6) is -1.05. The van der Waals surface area contributed by atoms with Gasteiger partial charge in [-0.05, 0) is 36.2 Å². The molecule has 0 saturated heterocycles. The first-order valence-corrected chi connectivity index (χ1v) is 6.86. The summed E-state index contributed by atoms with van der Waals surface area (Å²) in [5, 5.41) is 4.83. The molecule has 0 radical (unpaired) electrons. The SMILES string of the molecule is CNCc1cc(F)c(N(C)Cc2cccs2)c(F)c1. The molecule has 5 heteroatoms. The molecule has 0 unspecified atom stereocenters. The van der Waals surface area contributed by atoms with Crippen molar-refractivity contribution in [1.82, 2.24) is 5.32 Å². The van der Waals surface area contributed by atoms with Crippen molar-refractivity contribution in [3.05, 3.63) is 51.7 Å². The molecule has 2 nitrogen and oxygen atoms in total. The van der Waals surface area contributed by atoms with Crippen LogP contribution in [-0.2, 0) is 13.1 Å². The maximum Gasteiger partial charge on any atom is 0.149 e. The number of thiophene rings is 1. The van der Waals surface area contributed by atoms with Crippen molar-refractivity contribution in [1.29, 1.82) is 0 Å². The normalized spacial score (nSPS) is 10.7. The van der Waals surface area contributed by atoms with Gasteiger partial charge in [-0.1, -0.05) is 6.07 Å². The van der Waals surface area contributed by atoms with E-state index in [9.17, 15) is 8.78 Å². The Kier molecular flexibility index (Phi) is 4.50. The van der Waals surface area contributed by atoms with Gasteiger partial charge in [0, 0.05) is 18.5 Å². The number of nitrogens with zero attached hydrogens (tertiary/aromatic N) is 1. The van der Waals surface area contributed by atoms with Crippen molar-refractivity contribution in [2.45, 2.75) is 13.1 Å². The van der Waals surface area contributed by atoms with Gasteiger partial charge in [0.05, 0.1) is 6.54 Å². The Hall–Kier alpha value is -1.46. The van der Waals surface area contributed by atoms with Crippen LogP contribution in [0.15, 0.2) is 29.6 Å². The van der Waals surface area contributed by atoms with Crippen LogP contribution in [0.1, 0.15) is 10.4 Å². The molecular formula is C14H16F2N2S. The van der Waals surface area contributed by atoms with E-state index in [1.54, 1.807) is 30.3 Å². The molecule has 0 aliphatic heterocycles. The highest BCUT2D eigenvalue weighted by atomic mass is 32.1. The third-order valence-electron chi connectivity index (χ3n) is 2.81. The van der Waals surface area contributed by atoms with Crippen LogP contribution in [0.2, 0.25) is 0 Å². The maximum absolute atomic E-state index is 14.0. The third kappa shape index (κ3) is 3.30. The van der Waals surface area contributed by atoms with Crippen LogP contribution in [0, 0.1) is 11.6 Å². The van der Waals surface area contributed by atoms with Crippen molar-refractivity contribution in [2.75, 3.05) is 19.0 Å². The molecule has 0 bridgehead atoms. The van der Waals surface area contributed by atoms with Gasteiger partial charge in [-0.2, -0.15) is 0 Å². The average molecular weight is 282 g/mol. The van der Waals surface area contributed by atoms with Gasteiger partial charge in [0.25, 0.3) is 0 Å². The van der Waals surface area contributed by atoms with Gasteiger partial charge in [0.2, 0.25) is 0 Å². The van der Waals surface area contributed by atoms with E-state index in [2.05, 4.69) is 5.32 Å². The Bertz CT molecular complexity index is 517. The summed E-state index contributed by atoms with van der Waals surface area (Å²) in [6.45, 7) is 0.944. The van der Waals surface area contributed by atoms with Crippen LogP contribution in [-0.4, -0.2) is 14.1 Å². The van der Waals surface area contributed by atoms with E-state index in [1.165, 1.54) is 12.1 Å². The number of anilines is 1. The number of hydrogen-bond acceptors (Lipinski definition) is 3. The van der Waals surface area contributed by atoms with Crippen LogP contribution in [0.3, 0.4) is 0 Å². The number of hydrogen-bond donors (Lipinski definition) is 1. The monoisotopic (exact) mass is 282 g/mol. The summed E-state index contributed by atoms with van der Waals surface area (Å²) < 4.78 is 28.0. The molecule has 0 aliphatic rings. The largest absolute Gasteiger partial charge is 0.365 e. The average Bonchev–Trinajstić information content (AvgIpc) is 2.81. The van der Waals surface area contributed by atoms with Gasteiger partial charge in [-0.15, -0.1) is 11.3 Å². The number of nitrogens with one attached hydrogen (secondary N) is 1. The van der Waals surface area contributed by atoms with Gasteiger partial charge in [0.1, 0.15) is 17.3 Å². The maximum atomic E-state index is 14.0. The second-order valence-corrected chi connectivity index (χ2v) is 5.41. The van der Waals surface area contributed by atoms with E-state index in [1.807, 2.05) is 17.5 Å². The van der Waals surface area contributed by atoms with Gasteiger partial charge >= 0.3 is 0 Å². The summed E-state index contributed by atoms with van der Waals surface area (Å²) in [4.78, 5) is 2.67. The second-order valence-electron chi connectivity index (χ2n) is 4.37. The molecule has 102 valence electrons. The first kappa shape index (κ1) is 14.0. The predicted molar refractivity (Wildman–Crippen MR) is 75.5 cm³/mol. The van der Waals surface area contributed by atoms with Gasteiger partial charge < -0.3 is 10.2 Å². The minimum absolute atomic E-state index is 0.0215. The lowest BCUT2D eigenvalue weighted by atomic mass is 10.1. The summed E-state index contributed by atoms with van der Waals surface area (Å²) in [5.41, 5.74) is 0.624. The Morgan fingerprint density at radius 2 is 1.95 bits per heavy atom. The van der Waals surface area contributed by atoms with E-state index in [0.29, 0.717) is 18.7 Å². The number of halogens is 2. The quantitative estimate of drug-likeness (QED) is 0.904. The molecule has 2 aromatic rings. The van der Waals surface area contributed by atoms with E-state index < -0.39 is 11.6 Å². The molecule has 1 aromatic heterocycles. The van der Waals surface area contributed by atoms with Crippen molar-refractivity contribution >= 4 is 17.0 Å². The molecule has 1 heterocycles. The fraction of sp³-hybridized carbons (Fsp3) is 0.286. The third-order valence-corrected chi connectivity index (χ3v) is 3.67. The van der Waals surface area contributed by atoms with Gasteiger partial charge in [-0.25, -0.2) is 8.78 Å². The highest BCUT2D eigenvalue weighted by Crippen LogP contribution is 2.26. The minimum atomic E-state index is -0.524. The molecule has 1 N–H and O–H groups in total. The molecule has 0 spiro atoms. The van der Waals surface area contributed by atoms with Gasteiger partial charge in [0.15, 0.2) is 0 Å². The minimum Gasteiger partial charge on any atom is -0.365 e. The standard InChI is InChI=1S/C14H16F2N2S/c1-17-8-10-6-12(15)14(13(16)7-10)18(2)9-11-4-3-5-19-11/h3-7,17H,8-9H2,1-2H3. The zero-order valence-corrected chi connectivity index (χ0v) is 11.7. The van der Waals surface area contributed by atoms with E-state index in [0.717, 1.165) is 4.88 Å². The van der Waals surface area contributed by atoms with Crippen LogP contribution in [0.25, 0.3) is 0 Å². The first-order valence-electron chi connectivity index (χ1n) is 5.98. The fourth-order valence-electron chi connectivity index (χ4n) is 2.00. The molecule has 0 atom stereocenters. The van der Waals surface area contributed by atoms with E-state index in [4.69, 9.17) is 0 Å². The Morgan fingerprint density at radius 1 is 1.26 bits per heavy atom. The molecular weight excluding hydrogens is 266 g/mol. The lowest BCUT2D eigenvalue weighted by Crippen LogP contribution is -2.19. The fourth-order valence-corrected chi connectivity index (χ4v) is 2.76. The highest BCUT2D eigenvalue weighted by Gasteiger charge is 2.15. The smallest absolute Gasteiger partial charge is 0.149 e. The molecule has 0 aliphatic carbocycles. The Balaban J connectivity index is 2.23. The van der Waals surface area contributed by atoms with Crippen molar-refractivity contribution in [3.8, 4) is 0 Å². The lowest BCUT2D eigenvalue weighted by Gasteiger charge is -2.20. The lowest BCUT2D eigenvalue weighted by molar-refractivity contribution is 0.572. The summed E-state index contributed by atoms with van der Waals surface area (Å²) in [6.07, 6.45) is 0. The Labute approximate surface area is 115 Å². The zero-order valence-electron chi connectivity index (χ0n) is 10.9. The Morgan fingerprint density at radius 3 is 2.47 bits per heavy atom. The molecule has 0 amide bonds. The van der Waals surface area contributed by atoms with Crippen molar-refractivity contribution < 1.29 is 8.78 Å². The van der Waals surface area contributed by atoms with E-state index in [-0.39, 0.29) is 5.69 Å². The zero-order chi connectivity index (χ0) is 13.8. The van der Waals surface area contributed by atoms with E-state index >= 15 is 0 Å². The summed E-state index contributed by atoms with van der Waals surface area (Å²) >= 11 is 1.57. The van der Waals surface area contributed by atoms with Crippen LogP contribution >= 0.6 is 11.3 Å². The predicted octanol–water partition coefficient (Wildman–Crippen LogP) is 3.38. The highest BCUT2D eigenvalue weighted by molar-refractivity contribution is 7.09. The van der Waals surface area contributed by atoms with Crippen molar-refractivity contribution in [2.24, 2.45) is 0 Å². The second kappa shape index (κ2) is 6.12. The van der Waals surface area contributed by atoms with Crippen LogP contribution in [0.5, 0.6) is 0 Å². The molecule has 0 fully saturated rings. The number of rotatable bonds is 5.